The van der Waals surface area contributed by atoms with E-state index in [9.17, 15) is 9.59 Å². The molecule has 0 aliphatic carbocycles. The minimum absolute atomic E-state index is 0.00434. The molecule has 196 valence electrons. The topological polar surface area (TPSA) is 49.4 Å². The molecule has 0 radical (unpaired) electrons. The molecule has 0 aromatic heterocycles. The van der Waals surface area contributed by atoms with E-state index in [4.69, 9.17) is 34.8 Å². The summed E-state index contributed by atoms with van der Waals surface area (Å²) in [4.78, 5) is 28.9. The van der Waals surface area contributed by atoms with Crippen molar-refractivity contribution in [1.29, 1.82) is 0 Å². The SMILES string of the molecule is CC[C@H](C)NC(=O)[C@H](Cc1ccccc1)N(Cc1cccc(Cl)c1)C(=O)CSCc1ccc(Cl)cc1Cl. The van der Waals surface area contributed by atoms with Gasteiger partial charge in [-0.2, -0.15) is 0 Å². The highest BCUT2D eigenvalue weighted by Crippen LogP contribution is 2.25. The molecule has 2 amide bonds. The number of halogens is 3. The number of benzene rings is 3. The lowest BCUT2D eigenvalue weighted by Crippen LogP contribution is -2.52. The Kier molecular flexibility index (Phi) is 11.7. The Labute approximate surface area is 238 Å². The van der Waals surface area contributed by atoms with E-state index in [1.54, 1.807) is 23.1 Å². The quantitative estimate of drug-likeness (QED) is 0.243. The highest BCUT2D eigenvalue weighted by Gasteiger charge is 2.31. The fourth-order valence-electron chi connectivity index (χ4n) is 3.80. The van der Waals surface area contributed by atoms with E-state index < -0.39 is 6.04 Å². The molecule has 0 aliphatic heterocycles. The van der Waals surface area contributed by atoms with Gasteiger partial charge in [-0.1, -0.05) is 90.3 Å². The van der Waals surface area contributed by atoms with Gasteiger partial charge in [0.25, 0.3) is 0 Å². The summed E-state index contributed by atoms with van der Waals surface area (Å²) in [6, 6.07) is 21.8. The second kappa shape index (κ2) is 14.7. The van der Waals surface area contributed by atoms with E-state index in [2.05, 4.69) is 5.32 Å². The largest absolute Gasteiger partial charge is 0.352 e. The first-order chi connectivity index (χ1) is 17.8. The lowest BCUT2D eigenvalue weighted by atomic mass is 10.0. The maximum absolute atomic E-state index is 13.7. The fraction of sp³-hybridized carbons (Fsp3) is 0.310. The van der Waals surface area contributed by atoms with Crippen LogP contribution in [0.1, 0.15) is 37.0 Å². The maximum Gasteiger partial charge on any atom is 0.243 e. The Balaban J connectivity index is 1.86. The van der Waals surface area contributed by atoms with Gasteiger partial charge in [0.2, 0.25) is 11.8 Å². The molecule has 37 heavy (non-hydrogen) atoms. The smallest absolute Gasteiger partial charge is 0.243 e. The molecule has 0 spiro atoms. The molecule has 8 heteroatoms. The van der Waals surface area contributed by atoms with Crippen molar-refractivity contribution in [3.8, 4) is 0 Å². The number of carbonyl (C=O) groups is 2. The summed E-state index contributed by atoms with van der Waals surface area (Å²) < 4.78 is 0. The van der Waals surface area contributed by atoms with Gasteiger partial charge in [0, 0.05) is 39.8 Å². The van der Waals surface area contributed by atoms with Crippen molar-refractivity contribution in [2.45, 2.75) is 51.1 Å². The molecule has 2 atom stereocenters. The predicted molar refractivity (Wildman–Crippen MR) is 156 cm³/mol. The van der Waals surface area contributed by atoms with Crippen molar-refractivity contribution >= 4 is 58.4 Å². The van der Waals surface area contributed by atoms with Crippen LogP contribution in [0.2, 0.25) is 15.1 Å². The van der Waals surface area contributed by atoms with Gasteiger partial charge in [-0.3, -0.25) is 9.59 Å². The minimum Gasteiger partial charge on any atom is -0.352 e. The number of hydrogen-bond acceptors (Lipinski definition) is 3. The zero-order chi connectivity index (χ0) is 26.8. The van der Waals surface area contributed by atoms with Gasteiger partial charge in [0.1, 0.15) is 6.04 Å². The number of rotatable bonds is 12. The monoisotopic (exact) mass is 576 g/mol. The van der Waals surface area contributed by atoms with Gasteiger partial charge in [-0.25, -0.2) is 0 Å². The molecular formula is C29H31Cl3N2O2S. The third-order valence-electron chi connectivity index (χ3n) is 6.01. The molecular weight excluding hydrogens is 547 g/mol. The lowest BCUT2D eigenvalue weighted by molar-refractivity contribution is -0.139. The van der Waals surface area contributed by atoms with E-state index in [1.165, 1.54) is 11.8 Å². The molecule has 0 fully saturated rings. The number of hydrogen-bond donors (Lipinski definition) is 1. The third-order valence-corrected chi connectivity index (χ3v) is 7.80. The average molecular weight is 578 g/mol. The van der Waals surface area contributed by atoms with Crippen LogP contribution in [-0.2, 0) is 28.3 Å². The Bertz CT molecular complexity index is 1190. The van der Waals surface area contributed by atoms with Crippen molar-refractivity contribution in [2.75, 3.05) is 5.75 Å². The van der Waals surface area contributed by atoms with Gasteiger partial charge in [0.15, 0.2) is 0 Å². The molecule has 0 bridgehead atoms. The number of nitrogens with one attached hydrogen (secondary N) is 1. The standard InChI is InChI=1S/C29H31Cl3N2O2S/c1-3-20(2)33-29(36)27(15-21-8-5-4-6-9-21)34(17-22-10-7-11-24(30)14-22)28(35)19-37-18-23-12-13-25(31)16-26(23)32/h4-14,16,20,27H,3,15,17-19H2,1-2H3,(H,33,36)/t20-,27-/m0/s1. The van der Waals surface area contributed by atoms with Crippen molar-refractivity contribution in [3.63, 3.8) is 0 Å². The summed E-state index contributed by atoms with van der Waals surface area (Å²) in [5, 5.41) is 4.80. The normalized spacial score (nSPS) is 12.6. The summed E-state index contributed by atoms with van der Waals surface area (Å²) in [6.45, 7) is 4.25. The third kappa shape index (κ3) is 9.26. The summed E-state index contributed by atoms with van der Waals surface area (Å²) in [7, 11) is 0. The van der Waals surface area contributed by atoms with E-state index in [1.807, 2.05) is 68.4 Å². The van der Waals surface area contributed by atoms with Crippen LogP contribution in [0.25, 0.3) is 0 Å². The molecule has 0 saturated heterocycles. The van der Waals surface area contributed by atoms with Gasteiger partial charge in [0.05, 0.1) is 5.75 Å². The predicted octanol–water partition coefficient (Wildman–Crippen LogP) is 7.43. The van der Waals surface area contributed by atoms with Crippen LogP contribution in [0.15, 0.2) is 72.8 Å². The Morgan fingerprint density at radius 3 is 2.30 bits per heavy atom. The number of thioether (sulfide) groups is 1. The van der Waals surface area contributed by atoms with Crippen molar-refractivity contribution in [1.82, 2.24) is 10.2 Å². The summed E-state index contributed by atoms with van der Waals surface area (Å²) >= 11 is 20.0. The van der Waals surface area contributed by atoms with Crippen LogP contribution in [-0.4, -0.2) is 34.6 Å². The van der Waals surface area contributed by atoms with Crippen molar-refractivity contribution in [3.05, 3.63) is 105 Å². The summed E-state index contributed by atoms with van der Waals surface area (Å²) in [6.07, 6.45) is 1.20. The zero-order valence-electron chi connectivity index (χ0n) is 20.9. The van der Waals surface area contributed by atoms with Crippen LogP contribution in [0.3, 0.4) is 0 Å². The lowest BCUT2D eigenvalue weighted by Gasteiger charge is -2.32. The van der Waals surface area contributed by atoms with Crippen molar-refractivity contribution in [2.24, 2.45) is 0 Å². The Morgan fingerprint density at radius 2 is 1.62 bits per heavy atom. The zero-order valence-corrected chi connectivity index (χ0v) is 24.0. The molecule has 4 nitrogen and oxygen atoms in total. The van der Waals surface area contributed by atoms with E-state index >= 15 is 0 Å². The maximum atomic E-state index is 13.7. The molecule has 0 heterocycles. The summed E-state index contributed by atoms with van der Waals surface area (Å²) in [5.41, 5.74) is 2.75. The van der Waals surface area contributed by atoms with Gasteiger partial charge < -0.3 is 10.2 Å². The first-order valence-corrected chi connectivity index (χ1v) is 14.5. The van der Waals surface area contributed by atoms with Crippen LogP contribution in [0.4, 0.5) is 0 Å². The first-order valence-electron chi connectivity index (χ1n) is 12.2. The molecule has 3 aromatic rings. The van der Waals surface area contributed by atoms with Crippen LogP contribution < -0.4 is 5.32 Å². The van der Waals surface area contributed by atoms with Crippen LogP contribution in [0.5, 0.6) is 0 Å². The Hall–Kier alpha value is -2.18. The van der Waals surface area contributed by atoms with Gasteiger partial charge >= 0.3 is 0 Å². The Morgan fingerprint density at radius 1 is 0.919 bits per heavy atom. The van der Waals surface area contributed by atoms with Gasteiger partial charge in [-0.05, 0) is 54.3 Å². The second-order valence-corrected chi connectivity index (χ2v) is 11.2. The highest BCUT2D eigenvalue weighted by atomic mass is 35.5. The van der Waals surface area contributed by atoms with E-state index in [0.29, 0.717) is 27.2 Å². The van der Waals surface area contributed by atoms with Crippen molar-refractivity contribution < 1.29 is 9.59 Å². The molecule has 0 saturated carbocycles. The molecule has 3 aromatic carbocycles. The van der Waals surface area contributed by atoms with Gasteiger partial charge in [-0.15, -0.1) is 11.8 Å². The number of carbonyl (C=O) groups excluding carboxylic acids is 2. The van der Waals surface area contributed by atoms with E-state index in [0.717, 1.165) is 23.1 Å². The second-order valence-electron chi connectivity index (χ2n) is 8.90. The van der Waals surface area contributed by atoms with Crippen LogP contribution >= 0.6 is 46.6 Å². The molecule has 3 rings (SSSR count). The molecule has 0 unspecified atom stereocenters. The minimum atomic E-state index is -0.678. The fourth-order valence-corrected chi connectivity index (χ4v) is 5.48. The highest BCUT2D eigenvalue weighted by molar-refractivity contribution is 7.99. The summed E-state index contributed by atoms with van der Waals surface area (Å²) in [5.74, 6) is 0.450. The number of nitrogens with zero attached hydrogens (tertiary/aromatic N) is 1. The average Bonchev–Trinajstić information content (AvgIpc) is 2.87. The number of amides is 2. The van der Waals surface area contributed by atoms with Crippen LogP contribution in [0, 0.1) is 0 Å². The van der Waals surface area contributed by atoms with E-state index in [-0.39, 0.29) is 30.2 Å². The molecule has 1 N–H and O–H groups in total. The molecule has 0 aliphatic rings. The first kappa shape index (κ1) is 29.4.